The lowest BCUT2D eigenvalue weighted by Gasteiger charge is -2.29. The highest BCUT2D eigenvalue weighted by Gasteiger charge is 2.32. The number of hydrogen-bond acceptors (Lipinski definition) is 2. The zero-order valence-electron chi connectivity index (χ0n) is 9.65. The summed E-state index contributed by atoms with van der Waals surface area (Å²) in [5.41, 5.74) is 1.05. The van der Waals surface area contributed by atoms with Gasteiger partial charge in [-0.25, -0.2) is 0 Å². The third-order valence-electron chi connectivity index (χ3n) is 3.08. The average Bonchev–Trinajstić information content (AvgIpc) is 2.28. The third kappa shape index (κ3) is 2.57. The minimum Gasteiger partial charge on any atom is -0.283 e. The van der Waals surface area contributed by atoms with Gasteiger partial charge < -0.3 is 0 Å². The largest absolute Gasteiger partial charge is 0.283 e. The molecule has 1 aliphatic rings. The predicted octanol–water partition coefficient (Wildman–Crippen LogP) is 2.70. The lowest BCUT2D eigenvalue weighted by atomic mass is 9.88. The van der Waals surface area contributed by atoms with Crippen LogP contribution in [-0.4, -0.2) is 23.3 Å². The van der Waals surface area contributed by atoms with Crippen LogP contribution in [0.5, 0.6) is 0 Å². The summed E-state index contributed by atoms with van der Waals surface area (Å²) in [5.74, 6) is -0.0993. The summed E-state index contributed by atoms with van der Waals surface area (Å²) >= 11 is 3.40. The first-order valence-corrected chi connectivity index (χ1v) is 6.49. The van der Waals surface area contributed by atoms with Crippen molar-refractivity contribution in [3.05, 3.63) is 34.3 Å². The molecule has 0 radical (unpaired) electrons. The highest BCUT2D eigenvalue weighted by atomic mass is 79.9. The van der Waals surface area contributed by atoms with Gasteiger partial charge in [-0.3, -0.25) is 14.5 Å². The van der Waals surface area contributed by atoms with Crippen molar-refractivity contribution in [2.24, 2.45) is 0 Å². The van der Waals surface area contributed by atoms with Gasteiger partial charge in [-0.1, -0.05) is 28.1 Å². The van der Waals surface area contributed by atoms with Crippen molar-refractivity contribution >= 4 is 27.7 Å². The molecule has 0 aliphatic carbocycles. The predicted molar refractivity (Wildman–Crippen MR) is 68.5 cm³/mol. The minimum atomic E-state index is -0.0614. The molecule has 3 nitrogen and oxygen atoms in total. The Kier molecular flexibility index (Phi) is 3.62. The number of amides is 2. The molecular formula is C13H14BrNO2. The second kappa shape index (κ2) is 5.00. The SMILES string of the molecule is CCN1C(=O)CC(c2cccc(Br)c2)CC1=O. The molecule has 1 aromatic rings. The van der Waals surface area contributed by atoms with Crippen molar-refractivity contribution in [1.29, 1.82) is 0 Å². The Hall–Kier alpha value is -1.16. The normalized spacial score (nSPS) is 17.6. The van der Waals surface area contributed by atoms with E-state index in [1.54, 1.807) is 0 Å². The second-order valence-electron chi connectivity index (χ2n) is 4.19. The first kappa shape index (κ1) is 12.3. The number of rotatable bonds is 2. The molecule has 1 fully saturated rings. The molecule has 1 aromatic carbocycles. The summed E-state index contributed by atoms with van der Waals surface area (Å²) in [6.07, 6.45) is 0.853. The number of likely N-dealkylation sites (tertiary alicyclic amines) is 1. The molecule has 0 N–H and O–H groups in total. The van der Waals surface area contributed by atoms with Gasteiger partial charge in [-0.05, 0) is 24.6 Å². The molecule has 0 bridgehead atoms. The van der Waals surface area contributed by atoms with Gasteiger partial charge in [-0.2, -0.15) is 0 Å². The smallest absolute Gasteiger partial charge is 0.229 e. The fraction of sp³-hybridized carbons (Fsp3) is 0.385. The number of imide groups is 1. The van der Waals surface area contributed by atoms with E-state index in [0.717, 1.165) is 10.0 Å². The van der Waals surface area contributed by atoms with Crippen LogP contribution in [0, 0.1) is 0 Å². The van der Waals surface area contributed by atoms with Crippen LogP contribution in [0.2, 0.25) is 0 Å². The Labute approximate surface area is 109 Å². The van der Waals surface area contributed by atoms with Gasteiger partial charge in [0.05, 0.1) is 0 Å². The first-order chi connectivity index (χ1) is 8.11. The molecule has 17 heavy (non-hydrogen) atoms. The van der Waals surface area contributed by atoms with Crippen molar-refractivity contribution in [3.63, 3.8) is 0 Å². The van der Waals surface area contributed by atoms with E-state index < -0.39 is 0 Å². The Bertz CT molecular complexity index is 440. The lowest BCUT2D eigenvalue weighted by molar-refractivity contribution is -0.148. The van der Waals surface area contributed by atoms with Crippen LogP contribution in [0.15, 0.2) is 28.7 Å². The number of benzene rings is 1. The van der Waals surface area contributed by atoms with Crippen LogP contribution in [-0.2, 0) is 9.59 Å². The Morgan fingerprint density at radius 1 is 1.29 bits per heavy atom. The van der Waals surface area contributed by atoms with E-state index in [2.05, 4.69) is 15.9 Å². The van der Waals surface area contributed by atoms with Crippen LogP contribution >= 0.6 is 15.9 Å². The maximum atomic E-state index is 11.8. The van der Waals surface area contributed by atoms with Gasteiger partial charge >= 0.3 is 0 Å². The van der Waals surface area contributed by atoms with Gasteiger partial charge in [0.1, 0.15) is 0 Å². The van der Waals surface area contributed by atoms with Crippen LogP contribution in [0.1, 0.15) is 31.2 Å². The van der Waals surface area contributed by atoms with Crippen LogP contribution < -0.4 is 0 Å². The summed E-state index contributed by atoms with van der Waals surface area (Å²) in [6, 6.07) is 7.82. The fourth-order valence-electron chi connectivity index (χ4n) is 2.20. The zero-order valence-corrected chi connectivity index (χ0v) is 11.2. The van der Waals surface area contributed by atoms with Gasteiger partial charge in [0.2, 0.25) is 11.8 Å². The summed E-state index contributed by atoms with van der Waals surface area (Å²) in [5, 5.41) is 0. The molecule has 0 aromatic heterocycles. The van der Waals surface area contributed by atoms with E-state index in [-0.39, 0.29) is 17.7 Å². The van der Waals surface area contributed by atoms with Crippen molar-refractivity contribution in [2.75, 3.05) is 6.54 Å². The first-order valence-electron chi connectivity index (χ1n) is 5.70. The van der Waals surface area contributed by atoms with Crippen LogP contribution in [0.25, 0.3) is 0 Å². The molecule has 2 rings (SSSR count). The number of nitrogens with zero attached hydrogens (tertiary/aromatic N) is 1. The van der Waals surface area contributed by atoms with E-state index in [4.69, 9.17) is 0 Å². The molecule has 0 atom stereocenters. The Morgan fingerprint density at radius 2 is 1.94 bits per heavy atom. The maximum absolute atomic E-state index is 11.8. The summed E-state index contributed by atoms with van der Waals surface area (Å²) < 4.78 is 0.979. The van der Waals surface area contributed by atoms with E-state index in [0.29, 0.717) is 19.4 Å². The minimum absolute atomic E-state index is 0.0234. The highest BCUT2D eigenvalue weighted by Crippen LogP contribution is 2.30. The second-order valence-corrected chi connectivity index (χ2v) is 5.11. The zero-order chi connectivity index (χ0) is 12.4. The highest BCUT2D eigenvalue weighted by molar-refractivity contribution is 9.10. The third-order valence-corrected chi connectivity index (χ3v) is 3.57. The molecule has 0 saturated carbocycles. The molecule has 1 aliphatic heterocycles. The molecule has 4 heteroatoms. The molecule has 2 amide bonds. The van der Waals surface area contributed by atoms with Gasteiger partial charge in [0.25, 0.3) is 0 Å². The van der Waals surface area contributed by atoms with E-state index in [1.165, 1.54) is 4.90 Å². The molecule has 0 spiro atoms. The topological polar surface area (TPSA) is 37.4 Å². The van der Waals surface area contributed by atoms with E-state index in [9.17, 15) is 9.59 Å². The molecule has 0 unspecified atom stereocenters. The molecule has 1 saturated heterocycles. The number of hydrogen-bond donors (Lipinski definition) is 0. The molecule has 90 valence electrons. The van der Waals surface area contributed by atoms with Crippen molar-refractivity contribution < 1.29 is 9.59 Å². The molecule has 1 heterocycles. The maximum Gasteiger partial charge on any atom is 0.229 e. The quantitative estimate of drug-likeness (QED) is 0.787. The average molecular weight is 296 g/mol. The van der Waals surface area contributed by atoms with Gasteiger partial charge in [-0.15, -0.1) is 0 Å². The van der Waals surface area contributed by atoms with Crippen LogP contribution in [0.4, 0.5) is 0 Å². The lowest BCUT2D eigenvalue weighted by Crippen LogP contribution is -2.42. The van der Waals surface area contributed by atoms with Crippen molar-refractivity contribution in [2.45, 2.75) is 25.7 Å². The number of carbonyl (C=O) groups is 2. The number of piperidine rings is 1. The standard InChI is InChI=1S/C13H14BrNO2/c1-2-15-12(16)7-10(8-13(15)17)9-4-3-5-11(14)6-9/h3-6,10H,2,7-8H2,1H3. The van der Waals surface area contributed by atoms with Gasteiger partial charge in [0.15, 0.2) is 0 Å². The summed E-state index contributed by atoms with van der Waals surface area (Å²) in [6.45, 7) is 2.30. The van der Waals surface area contributed by atoms with E-state index >= 15 is 0 Å². The van der Waals surface area contributed by atoms with E-state index in [1.807, 2.05) is 31.2 Å². The van der Waals surface area contributed by atoms with Crippen molar-refractivity contribution in [3.8, 4) is 0 Å². The summed E-state index contributed by atoms with van der Waals surface area (Å²) in [4.78, 5) is 24.9. The Balaban J connectivity index is 2.20. The van der Waals surface area contributed by atoms with Gasteiger partial charge in [0, 0.05) is 29.8 Å². The number of carbonyl (C=O) groups excluding carboxylic acids is 2. The van der Waals surface area contributed by atoms with Crippen LogP contribution in [0.3, 0.4) is 0 Å². The summed E-state index contributed by atoms with van der Waals surface area (Å²) in [7, 11) is 0. The number of halogens is 1. The monoisotopic (exact) mass is 295 g/mol. The van der Waals surface area contributed by atoms with Crippen molar-refractivity contribution in [1.82, 2.24) is 4.90 Å². The Morgan fingerprint density at radius 3 is 2.47 bits per heavy atom. The fourth-order valence-corrected chi connectivity index (χ4v) is 2.62. The molecular weight excluding hydrogens is 282 g/mol.